The van der Waals surface area contributed by atoms with E-state index < -0.39 is 0 Å². The van der Waals surface area contributed by atoms with Gasteiger partial charge in [0.2, 0.25) is 0 Å². The third-order valence-corrected chi connectivity index (χ3v) is 3.27. The quantitative estimate of drug-likeness (QED) is 0.350. The van der Waals surface area contributed by atoms with E-state index in [4.69, 9.17) is 0 Å². The van der Waals surface area contributed by atoms with Gasteiger partial charge in [-0.25, -0.2) is 0 Å². The SMILES string of the molecule is CC=CCC(C)C/C(C)=N/CCCc1ccccc1. The normalized spacial score (nSPS) is 13.9. The van der Waals surface area contributed by atoms with E-state index in [1.54, 1.807) is 0 Å². The Morgan fingerprint density at radius 1 is 1.26 bits per heavy atom. The van der Waals surface area contributed by atoms with Gasteiger partial charge in [0.1, 0.15) is 0 Å². The zero-order chi connectivity index (χ0) is 13.9. The van der Waals surface area contributed by atoms with Gasteiger partial charge in [0.15, 0.2) is 0 Å². The molecule has 19 heavy (non-hydrogen) atoms. The number of aryl methyl sites for hydroxylation is 1. The fraction of sp³-hybridized carbons (Fsp3) is 0.500. The molecule has 0 spiro atoms. The van der Waals surface area contributed by atoms with E-state index in [9.17, 15) is 0 Å². The zero-order valence-electron chi connectivity index (χ0n) is 12.6. The van der Waals surface area contributed by atoms with Crippen LogP contribution in [0.2, 0.25) is 0 Å². The molecular formula is C18H27N. The van der Waals surface area contributed by atoms with Gasteiger partial charge in [-0.1, -0.05) is 49.4 Å². The molecule has 0 aliphatic rings. The number of allylic oxidation sites excluding steroid dienone is 2. The van der Waals surface area contributed by atoms with Crippen LogP contribution >= 0.6 is 0 Å². The van der Waals surface area contributed by atoms with Crippen LogP contribution in [0.3, 0.4) is 0 Å². The van der Waals surface area contributed by atoms with E-state index in [-0.39, 0.29) is 0 Å². The van der Waals surface area contributed by atoms with E-state index in [0.717, 1.165) is 32.2 Å². The van der Waals surface area contributed by atoms with Crippen LogP contribution < -0.4 is 0 Å². The molecule has 1 unspecified atom stereocenters. The van der Waals surface area contributed by atoms with Crippen molar-refractivity contribution < 1.29 is 0 Å². The lowest BCUT2D eigenvalue weighted by atomic mass is 10.0. The van der Waals surface area contributed by atoms with Gasteiger partial charge in [-0.05, 0) is 51.0 Å². The third kappa shape index (κ3) is 7.61. The van der Waals surface area contributed by atoms with E-state index in [2.05, 4.69) is 68.2 Å². The van der Waals surface area contributed by atoms with Crippen molar-refractivity contribution in [2.75, 3.05) is 6.54 Å². The summed E-state index contributed by atoms with van der Waals surface area (Å²) in [5.74, 6) is 0.703. The van der Waals surface area contributed by atoms with E-state index >= 15 is 0 Å². The molecule has 0 radical (unpaired) electrons. The van der Waals surface area contributed by atoms with Crippen molar-refractivity contribution in [3.63, 3.8) is 0 Å². The lowest BCUT2D eigenvalue weighted by Gasteiger charge is -2.08. The molecule has 1 aromatic rings. The minimum Gasteiger partial charge on any atom is -0.294 e. The van der Waals surface area contributed by atoms with Crippen LogP contribution in [0.15, 0.2) is 47.5 Å². The van der Waals surface area contributed by atoms with Crippen LogP contribution in [0.4, 0.5) is 0 Å². The van der Waals surface area contributed by atoms with Crippen molar-refractivity contribution in [2.24, 2.45) is 10.9 Å². The number of hydrogen-bond donors (Lipinski definition) is 0. The topological polar surface area (TPSA) is 12.4 Å². The average Bonchev–Trinajstić information content (AvgIpc) is 2.42. The van der Waals surface area contributed by atoms with Crippen molar-refractivity contribution in [1.29, 1.82) is 0 Å². The Kier molecular flexibility index (Phi) is 7.88. The van der Waals surface area contributed by atoms with Crippen LogP contribution in [-0.4, -0.2) is 12.3 Å². The first-order chi connectivity index (χ1) is 9.22. The van der Waals surface area contributed by atoms with Gasteiger partial charge in [-0.2, -0.15) is 0 Å². The average molecular weight is 257 g/mol. The van der Waals surface area contributed by atoms with Gasteiger partial charge in [0.25, 0.3) is 0 Å². The maximum absolute atomic E-state index is 4.68. The standard InChI is InChI=1S/C18H27N/c1-4-5-10-16(2)15-17(3)19-14-9-13-18-11-7-6-8-12-18/h4-8,11-12,16H,9-10,13-15H2,1-3H3/b5-4?,19-17+. The first kappa shape index (κ1) is 15.7. The van der Waals surface area contributed by atoms with Crippen molar-refractivity contribution in [1.82, 2.24) is 0 Å². The molecule has 0 saturated carbocycles. The molecule has 1 rings (SSSR count). The molecule has 0 saturated heterocycles. The van der Waals surface area contributed by atoms with Crippen LogP contribution in [0.25, 0.3) is 0 Å². The molecule has 0 aromatic heterocycles. The second-order valence-electron chi connectivity index (χ2n) is 5.32. The van der Waals surface area contributed by atoms with Gasteiger partial charge in [0.05, 0.1) is 0 Å². The molecule has 1 atom stereocenters. The van der Waals surface area contributed by atoms with Crippen LogP contribution in [0.1, 0.15) is 45.6 Å². The summed E-state index contributed by atoms with van der Waals surface area (Å²) in [7, 11) is 0. The highest BCUT2D eigenvalue weighted by Crippen LogP contribution is 2.10. The Morgan fingerprint density at radius 3 is 2.68 bits per heavy atom. The van der Waals surface area contributed by atoms with Gasteiger partial charge in [-0.3, -0.25) is 4.99 Å². The summed E-state index contributed by atoms with van der Waals surface area (Å²) in [4.78, 5) is 4.68. The predicted octanol–water partition coefficient (Wildman–Crippen LogP) is 5.07. The van der Waals surface area contributed by atoms with Gasteiger partial charge in [0, 0.05) is 12.3 Å². The minimum absolute atomic E-state index is 0.703. The molecular weight excluding hydrogens is 230 g/mol. The van der Waals surface area contributed by atoms with Gasteiger partial charge >= 0.3 is 0 Å². The van der Waals surface area contributed by atoms with Gasteiger partial charge in [-0.15, -0.1) is 0 Å². The summed E-state index contributed by atoms with van der Waals surface area (Å²) in [6.07, 6.45) is 8.93. The summed E-state index contributed by atoms with van der Waals surface area (Å²) in [5.41, 5.74) is 2.71. The second-order valence-corrected chi connectivity index (χ2v) is 5.32. The Hall–Kier alpha value is -1.37. The highest BCUT2D eigenvalue weighted by molar-refractivity contribution is 5.82. The molecule has 1 aromatic carbocycles. The van der Waals surface area contributed by atoms with Crippen molar-refractivity contribution in [3.05, 3.63) is 48.0 Å². The molecule has 0 fully saturated rings. The molecule has 0 N–H and O–H groups in total. The summed E-state index contributed by atoms with van der Waals surface area (Å²) < 4.78 is 0. The molecule has 0 aliphatic carbocycles. The first-order valence-corrected chi connectivity index (χ1v) is 7.37. The largest absolute Gasteiger partial charge is 0.294 e. The fourth-order valence-corrected chi connectivity index (χ4v) is 2.22. The van der Waals surface area contributed by atoms with E-state index in [1.165, 1.54) is 11.3 Å². The highest BCUT2D eigenvalue weighted by atomic mass is 14.7. The van der Waals surface area contributed by atoms with Crippen molar-refractivity contribution >= 4 is 5.71 Å². The number of aliphatic imine (C=N–C) groups is 1. The number of nitrogens with zero attached hydrogens (tertiary/aromatic N) is 1. The fourth-order valence-electron chi connectivity index (χ4n) is 2.22. The van der Waals surface area contributed by atoms with Crippen molar-refractivity contribution in [2.45, 2.75) is 46.5 Å². The zero-order valence-corrected chi connectivity index (χ0v) is 12.6. The van der Waals surface area contributed by atoms with Crippen LogP contribution in [0, 0.1) is 5.92 Å². The maximum atomic E-state index is 4.68. The molecule has 104 valence electrons. The Bertz CT molecular complexity index is 389. The maximum Gasteiger partial charge on any atom is 0.0391 e. The highest BCUT2D eigenvalue weighted by Gasteiger charge is 2.01. The molecule has 0 amide bonds. The summed E-state index contributed by atoms with van der Waals surface area (Å²) in [5, 5.41) is 0. The molecule has 1 heteroatoms. The Balaban J connectivity index is 2.21. The first-order valence-electron chi connectivity index (χ1n) is 7.37. The smallest absolute Gasteiger partial charge is 0.0391 e. The third-order valence-electron chi connectivity index (χ3n) is 3.27. The van der Waals surface area contributed by atoms with Crippen molar-refractivity contribution in [3.8, 4) is 0 Å². The van der Waals surface area contributed by atoms with E-state index in [1.807, 2.05) is 0 Å². The lowest BCUT2D eigenvalue weighted by Crippen LogP contribution is -2.02. The number of benzene rings is 1. The van der Waals surface area contributed by atoms with E-state index in [0.29, 0.717) is 5.92 Å². The summed E-state index contributed by atoms with van der Waals surface area (Å²) in [6, 6.07) is 10.7. The molecule has 1 nitrogen and oxygen atoms in total. The van der Waals surface area contributed by atoms with Crippen LogP contribution in [-0.2, 0) is 6.42 Å². The molecule has 0 aliphatic heterocycles. The summed E-state index contributed by atoms with van der Waals surface area (Å²) >= 11 is 0. The lowest BCUT2D eigenvalue weighted by molar-refractivity contribution is 0.616. The summed E-state index contributed by atoms with van der Waals surface area (Å²) in [6.45, 7) is 7.49. The molecule has 0 heterocycles. The number of hydrogen-bond acceptors (Lipinski definition) is 1. The Labute approximate surface area is 118 Å². The Morgan fingerprint density at radius 2 is 2.00 bits per heavy atom. The second kappa shape index (κ2) is 9.55. The van der Waals surface area contributed by atoms with Crippen LogP contribution in [0.5, 0.6) is 0 Å². The monoisotopic (exact) mass is 257 g/mol. The minimum atomic E-state index is 0.703. The predicted molar refractivity (Wildman–Crippen MR) is 86.0 cm³/mol. The number of rotatable bonds is 8. The van der Waals surface area contributed by atoms with Gasteiger partial charge < -0.3 is 0 Å². The molecule has 0 bridgehead atoms.